The van der Waals surface area contributed by atoms with E-state index < -0.39 is 0 Å². The van der Waals surface area contributed by atoms with Crippen molar-refractivity contribution in [1.29, 1.82) is 0 Å². The summed E-state index contributed by atoms with van der Waals surface area (Å²) in [7, 11) is 0. The lowest BCUT2D eigenvalue weighted by atomic mass is 10.2. The summed E-state index contributed by atoms with van der Waals surface area (Å²) in [4.78, 5) is 0. The molecule has 1 rings (SSSR count). The molecule has 0 unspecified atom stereocenters. The maximum atomic E-state index is 3.98. The average molecular weight is 167 g/mol. The normalized spacial score (nSPS) is 10.5. The van der Waals surface area contributed by atoms with Gasteiger partial charge in [0, 0.05) is 6.54 Å². The summed E-state index contributed by atoms with van der Waals surface area (Å²) in [5, 5.41) is 7.86. The molecular formula is C9H17N3. The zero-order valence-corrected chi connectivity index (χ0v) is 7.95. The van der Waals surface area contributed by atoms with Gasteiger partial charge in [0.05, 0.1) is 11.9 Å². The van der Waals surface area contributed by atoms with Crippen LogP contribution in [0.5, 0.6) is 0 Å². The van der Waals surface area contributed by atoms with E-state index in [0.717, 1.165) is 13.0 Å². The van der Waals surface area contributed by atoms with Crippen LogP contribution < -0.4 is 0 Å². The Morgan fingerprint density at radius 2 is 2.17 bits per heavy atom. The van der Waals surface area contributed by atoms with Crippen molar-refractivity contribution in [2.24, 2.45) is 0 Å². The third kappa shape index (κ3) is 2.32. The van der Waals surface area contributed by atoms with E-state index >= 15 is 0 Å². The molecule has 0 aromatic carbocycles. The van der Waals surface area contributed by atoms with Crippen LogP contribution in [-0.2, 0) is 13.0 Å². The van der Waals surface area contributed by atoms with Crippen molar-refractivity contribution in [1.82, 2.24) is 15.0 Å². The molecule has 3 nitrogen and oxygen atoms in total. The van der Waals surface area contributed by atoms with E-state index in [1.54, 1.807) is 0 Å². The predicted molar refractivity (Wildman–Crippen MR) is 48.9 cm³/mol. The summed E-state index contributed by atoms with van der Waals surface area (Å²) in [5.74, 6) is 0. The molecule has 0 aliphatic heterocycles. The number of aromatic nitrogens is 3. The molecule has 0 radical (unpaired) electrons. The maximum Gasteiger partial charge on any atom is 0.0725 e. The molecule has 0 aliphatic carbocycles. The van der Waals surface area contributed by atoms with E-state index in [9.17, 15) is 0 Å². The van der Waals surface area contributed by atoms with Gasteiger partial charge in [-0.25, -0.2) is 4.68 Å². The van der Waals surface area contributed by atoms with Gasteiger partial charge >= 0.3 is 0 Å². The van der Waals surface area contributed by atoms with Crippen LogP contribution in [0.3, 0.4) is 0 Å². The van der Waals surface area contributed by atoms with Gasteiger partial charge in [-0.3, -0.25) is 0 Å². The van der Waals surface area contributed by atoms with E-state index in [2.05, 4.69) is 24.2 Å². The van der Waals surface area contributed by atoms with E-state index in [1.165, 1.54) is 25.0 Å². The summed E-state index contributed by atoms with van der Waals surface area (Å²) in [6.45, 7) is 5.24. The minimum atomic E-state index is 0.932. The van der Waals surface area contributed by atoms with Crippen molar-refractivity contribution in [3.05, 3.63) is 11.9 Å². The van der Waals surface area contributed by atoms with Gasteiger partial charge in [0.2, 0.25) is 0 Å². The molecule has 3 heteroatoms. The molecule has 0 atom stereocenters. The van der Waals surface area contributed by atoms with Crippen molar-refractivity contribution in [3.8, 4) is 0 Å². The number of hydrogen-bond donors (Lipinski definition) is 0. The lowest BCUT2D eigenvalue weighted by molar-refractivity contribution is 0.582. The van der Waals surface area contributed by atoms with Gasteiger partial charge in [-0.05, 0) is 19.8 Å². The standard InChI is InChI=1S/C9H17N3/c1-3-5-6-7-9-8-10-11-12(9)4-2/h8H,3-7H2,1-2H3. The lowest BCUT2D eigenvalue weighted by Crippen LogP contribution is -2.02. The first-order valence-corrected chi connectivity index (χ1v) is 4.75. The van der Waals surface area contributed by atoms with Gasteiger partial charge in [0.1, 0.15) is 0 Å². The van der Waals surface area contributed by atoms with Crippen molar-refractivity contribution in [3.63, 3.8) is 0 Å². The molecule has 0 fully saturated rings. The van der Waals surface area contributed by atoms with Crippen molar-refractivity contribution >= 4 is 0 Å². The van der Waals surface area contributed by atoms with Gasteiger partial charge in [-0.1, -0.05) is 25.0 Å². The number of rotatable bonds is 5. The second-order valence-corrected chi connectivity index (χ2v) is 3.00. The van der Waals surface area contributed by atoms with E-state index in [0.29, 0.717) is 0 Å². The highest BCUT2D eigenvalue weighted by Crippen LogP contribution is 2.04. The van der Waals surface area contributed by atoms with Crippen LogP contribution in [0.25, 0.3) is 0 Å². The number of hydrogen-bond acceptors (Lipinski definition) is 2. The summed E-state index contributed by atoms with van der Waals surface area (Å²) >= 11 is 0. The Kier molecular flexibility index (Phi) is 3.77. The molecule has 0 saturated carbocycles. The fourth-order valence-corrected chi connectivity index (χ4v) is 1.29. The number of nitrogens with zero attached hydrogens (tertiary/aromatic N) is 3. The topological polar surface area (TPSA) is 30.7 Å². The monoisotopic (exact) mass is 167 g/mol. The molecule has 1 heterocycles. The molecule has 0 aliphatic rings. The van der Waals surface area contributed by atoms with Crippen LogP contribution in [0, 0.1) is 0 Å². The van der Waals surface area contributed by atoms with Crippen molar-refractivity contribution in [2.75, 3.05) is 0 Å². The first kappa shape index (κ1) is 9.23. The molecule has 0 spiro atoms. The second-order valence-electron chi connectivity index (χ2n) is 3.00. The van der Waals surface area contributed by atoms with Gasteiger partial charge in [0.25, 0.3) is 0 Å². The number of unbranched alkanes of at least 4 members (excludes halogenated alkanes) is 2. The zero-order valence-electron chi connectivity index (χ0n) is 7.95. The van der Waals surface area contributed by atoms with E-state index in [1.807, 2.05) is 10.9 Å². The third-order valence-corrected chi connectivity index (χ3v) is 2.03. The molecule has 68 valence electrons. The Morgan fingerprint density at radius 3 is 2.83 bits per heavy atom. The molecule has 1 aromatic heterocycles. The van der Waals surface area contributed by atoms with Crippen LogP contribution in [0.1, 0.15) is 38.8 Å². The van der Waals surface area contributed by atoms with Crippen LogP contribution in [0.4, 0.5) is 0 Å². The van der Waals surface area contributed by atoms with E-state index in [4.69, 9.17) is 0 Å². The van der Waals surface area contributed by atoms with Crippen LogP contribution in [0.15, 0.2) is 6.20 Å². The smallest absolute Gasteiger partial charge is 0.0725 e. The third-order valence-electron chi connectivity index (χ3n) is 2.03. The fourth-order valence-electron chi connectivity index (χ4n) is 1.29. The van der Waals surface area contributed by atoms with Crippen LogP contribution in [-0.4, -0.2) is 15.0 Å². The summed E-state index contributed by atoms with van der Waals surface area (Å²) < 4.78 is 1.97. The zero-order chi connectivity index (χ0) is 8.81. The van der Waals surface area contributed by atoms with Crippen LogP contribution in [0.2, 0.25) is 0 Å². The average Bonchev–Trinajstić information content (AvgIpc) is 2.52. The Balaban J connectivity index is 2.39. The van der Waals surface area contributed by atoms with Gasteiger partial charge in [-0.2, -0.15) is 0 Å². The van der Waals surface area contributed by atoms with Gasteiger partial charge in [-0.15, -0.1) is 5.10 Å². The van der Waals surface area contributed by atoms with Gasteiger partial charge < -0.3 is 0 Å². The molecule has 0 amide bonds. The molecule has 0 saturated heterocycles. The minimum Gasteiger partial charge on any atom is -0.250 e. The Morgan fingerprint density at radius 1 is 1.33 bits per heavy atom. The highest BCUT2D eigenvalue weighted by molar-refractivity contribution is 4.93. The Bertz CT molecular complexity index is 217. The summed E-state index contributed by atoms with van der Waals surface area (Å²) in [6.07, 6.45) is 6.82. The largest absolute Gasteiger partial charge is 0.250 e. The quantitative estimate of drug-likeness (QED) is 0.628. The van der Waals surface area contributed by atoms with Crippen LogP contribution >= 0.6 is 0 Å². The minimum absolute atomic E-state index is 0.932. The first-order chi connectivity index (χ1) is 5.88. The lowest BCUT2D eigenvalue weighted by Gasteiger charge is -2.01. The van der Waals surface area contributed by atoms with Crippen molar-refractivity contribution in [2.45, 2.75) is 46.1 Å². The predicted octanol–water partition coefficient (Wildman–Crippen LogP) is 2.03. The first-order valence-electron chi connectivity index (χ1n) is 4.75. The molecule has 12 heavy (non-hydrogen) atoms. The highest BCUT2D eigenvalue weighted by atomic mass is 15.4. The number of aryl methyl sites for hydroxylation is 2. The molecular weight excluding hydrogens is 150 g/mol. The highest BCUT2D eigenvalue weighted by Gasteiger charge is 2.00. The van der Waals surface area contributed by atoms with E-state index in [-0.39, 0.29) is 0 Å². The van der Waals surface area contributed by atoms with Gasteiger partial charge in [0.15, 0.2) is 0 Å². The Labute approximate surface area is 73.8 Å². The summed E-state index contributed by atoms with van der Waals surface area (Å²) in [6, 6.07) is 0. The second kappa shape index (κ2) is 4.91. The molecule has 1 aromatic rings. The fraction of sp³-hybridized carbons (Fsp3) is 0.778. The van der Waals surface area contributed by atoms with Crippen molar-refractivity contribution < 1.29 is 0 Å². The molecule has 0 N–H and O–H groups in total. The summed E-state index contributed by atoms with van der Waals surface area (Å²) in [5.41, 5.74) is 1.27. The Hall–Kier alpha value is -0.860. The molecule has 0 bridgehead atoms. The maximum absolute atomic E-state index is 3.98. The SMILES string of the molecule is CCCCCc1cnnn1CC.